The number of aromatic nitrogens is 4. The van der Waals surface area contributed by atoms with Gasteiger partial charge in [-0.2, -0.15) is 18.3 Å². The molecule has 3 aromatic heterocycles. The van der Waals surface area contributed by atoms with E-state index in [2.05, 4.69) is 20.4 Å². The van der Waals surface area contributed by atoms with Crippen LogP contribution in [0.15, 0.2) is 71.8 Å². The molecule has 1 N–H and O–H groups in total. The van der Waals surface area contributed by atoms with E-state index in [0.29, 0.717) is 11.5 Å². The largest absolute Gasteiger partial charge is 0.451 e. The number of carbonyl (C=O) groups is 1. The quantitative estimate of drug-likeness (QED) is 0.556. The SMILES string of the molecule is O=C(Nc1ccc(-n2cncn2)nc1)c1ccc(-c2cccc(C(F)(F)F)c2)o1. The van der Waals surface area contributed by atoms with E-state index < -0.39 is 17.6 Å². The smallest absolute Gasteiger partial charge is 0.416 e. The number of carbonyl (C=O) groups excluding carboxylic acids is 1. The van der Waals surface area contributed by atoms with E-state index >= 15 is 0 Å². The minimum atomic E-state index is -4.46. The molecule has 0 spiro atoms. The van der Waals surface area contributed by atoms with Crippen molar-refractivity contribution in [2.24, 2.45) is 0 Å². The molecule has 4 rings (SSSR count). The molecule has 0 bridgehead atoms. The van der Waals surface area contributed by atoms with Crippen molar-refractivity contribution in [2.45, 2.75) is 6.18 Å². The second-order valence-electron chi connectivity index (χ2n) is 5.94. The van der Waals surface area contributed by atoms with Gasteiger partial charge in [0, 0.05) is 5.56 Å². The second-order valence-corrected chi connectivity index (χ2v) is 5.94. The third kappa shape index (κ3) is 4.00. The monoisotopic (exact) mass is 399 g/mol. The Labute approximate surface area is 161 Å². The van der Waals surface area contributed by atoms with Gasteiger partial charge in [-0.3, -0.25) is 4.79 Å². The van der Waals surface area contributed by atoms with Crippen LogP contribution in [-0.2, 0) is 6.18 Å². The van der Waals surface area contributed by atoms with Gasteiger partial charge in [-0.25, -0.2) is 14.6 Å². The van der Waals surface area contributed by atoms with E-state index in [-0.39, 0.29) is 17.1 Å². The summed E-state index contributed by atoms with van der Waals surface area (Å²) < 4.78 is 45.5. The van der Waals surface area contributed by atoms with Crippen LogP contribution in [0.5, 0.6) is 0 Å². The zero-order chi connectivity index (χ0) is 20.4. The fraction of sp³-hybridized carbons (Fsp3) is 0.0526. The lowest BCUT2D eigenvalue weighted by Gasteiger charge is -2.07. The maximum absolute atomic E-state index is 12.9. The van der Waals surface area contributed by atoms with Crippen LogP contribution in [0.4, 0.5) is 18.9 Å². The number of benzene rings is 1. The highest BCUT2D eigenvalue weighted by atomic mass is 19.4. The topological polar surface area (TPSA) is 85.8 Å². The van der Waals surface area contributed by atoms with Crippen molar-refractivity contribution in [2.75, 3.05) is 5.32 Å². The molecule has 0 aliphatic carbocycles. The average molecular weight is 399 g/mol. The van der Waals surface area contributed by atoms with Gasteiger partial charge in [-0.1, -0.05) is 12.1 Å². The van der Waals surface area contributed by atoms with Crippen LogP contribution in [-0.4, -0.2) is 25.7 Å². The normalized spacial score (nSPS) is 11.4. The summed E-state index contributed by atoms with van der Waals surface area (Å²) in [6, 6.07) is 10.8. The predicted molar refractivity (Wildman–Crippen MR) is 96.3 cm³/mol. The maximum Gasteiger partial charge on any atom is 0.416 e. The van der Waals surface area contributed by atoms with Gasteiger partial charge in [0.2, 0.25) is 0 Å². The lowest BCUT2D eigenvalue weighted by Crippen LogP contribution is -2.11. The Morgan fingerprint density at radius 3 is 2.66 bits per heavy atom. The molecule has 0 aliphatic rings. The molecule has 1 amide bonds. The number of amides is 1. The van der Waals surface area contributed by atoms with Gasteiger partial charge in [-0.15, -0.1) is 0 Å². The Bertz CT molecular complexity index is 1140. The molecule has 0 unspecified atom stereocenters. The minimum Gasteiger partial charge on any atom is -0.451 e. The van der Waals surface area contributed by atoms with Gasteiger partial charge >= 0.3 is 6.18 Å². The zero-order valence-electron chi connectivity index (χ0n) is 14.6. The summed E-state index contributed by atoms with van der Waals surface area (Å²) in [6.45, 7) is 0. The van der Waals surface area contributed by atoms with Crippen molar-refractivity contribution >= 4 is 11.6 Å². The lowest BCUT2D eigenvalue weighted by atomic mass is 10.1. The highest BCUT2D eigenvalue weighted by molar-refractivity contribution is 6.02. The number of nitrogens with zero attached hydrogens (tertiary/aromatic N) is 4. The van der Waals surface area contributed by atoms with Crippen molar-refractivity contribution in [1.29, 1.82) is 0 Å². The maximum atomic E-state index is 12.9. The Balaban J connectivity index is 1.49. The molecule has 0 saturated carbocycles. The first kappa shape index (κ1) is 18.4. The minimum absolute atomic E-state index is 0.0437. The summed E-state index contributed by atoms with van der Waals surface area (Å²) in [7, 11) is 0. The fourth-order valence-corrected chi connectivity index (χ4v) is 2.58. The summed E-state index contributed by atoms with van der Waals surface area (Å²) in [6.07, 6.45) is -0.172. The number of anilines is 1. The summed E-state index contributed by atoms with van der Waals surface area (Å²) in [5.41, 5.74) is -0.162. The van der Waals surface area contributed by atoms with Crippen LogP contribution in [0.1, 0.15) is 16.1 Å². The van der Waals surface area contributed by atoms with Gasteiger partial charge in [0.05, 0.1) is 17.4 Å². The standard InChI is InChI=1S/C19H12F3N5O2/c20-19(21,22)13-3-1-2-12(8-13)15-5-6-16(29-15)18(28)26-14-4-7-17(24-9-14)27-11-23-10-25-27/h1-11H,(H,26,28). The molecule has 146 valence electrons. The van der Waals surface area contributed by atoms with E-state index in [0.717, 1.165) is 12.1 Å². The number of pyridine rings is 1. The number of alkyl halides is 3. The van der Waals surface area contributed by atoms with Crippen LogP contribution in [0.25, 0.3) is 17.1 Å². The van der Waals surface area contributed by atoms with Crippen LogP contribution < -0.4 is 5.32 Å². The first-order valence-electron chi connectivity index (χ1n) is 8.30. The molecular weight excluding hydrogens is 387 g/mol. The molecule has 0 aliphatic heterocycles. The molecule has 0 atom stereocenters. The van der Waals surface area contributed by atoms with Gasteiger partial charge < -0.3 is 9.73 Å². The summed E-state index contributed by atoms with van der Waals surface area (Å²) in [4.78, 5) is 20.3. The Kier molecular flexibility index (Phi) is 4.59. The van der Waals surface area contributed by atoms with Crippen molar-refractivity contribution < 1.29 is 22.4 Å². The zero-order valence-corrected chi connectivity index (χ0v) is 14.6. The summed E-state index contributed by atoms with van der Waals surface area (Å²) in [5.74, 6) is 0.0718. The van der Waals surface area contributed by atoms with Crippen molar-refractivity contribution in [3.05, 3.63) is 78.7 Å². The summed E-state index contributed by atoms with van der Waals surface area (Å²) >= 11 is 0. The van der Waals surface area contributed by atoms with Gasteiger partial charge in [-0.05, 0) is 36.4 Å². The van der Waals surface area contributed by atoms with Crippen LogP contribution in [0, 0.1) is 0 Å². The third-order valence-electron chi connectivity index (χ3n) is 3.96. The number of rotatable bonds is 4. The van der Waals surface area contributed by atoms with Crippen LogP contribution >= 0.6 is 0 Å². The first-order chi connectivity index (χ1) is 13.9. The Morgan fingerprint density at radius 1 is 1.10 bits per heavy atom. The number of halogens is 3. The van der Waals surface area contributed by atoms with Crippen molar-refractivity contribution in [1.82, 2.24) is 19.7 Å². The third-order valence-corrected chi connectivity index (χ3v) is 3.96. The van der Waals surface area contributed by atoms with E-state index in [9.17, 15) is 18.0 Å². The van der Waals surface area contributed by atoms with Crippen molar-refractivity contribution in [3.8, 4) is 17.1 Å². The molecule has 3 heterocycles. The Morgan fingerprint density at radius 2 is 1.97 bits per heavy atom. The van der Waals surface area contributed by atoms with E-state index in [4.69, 9.17) is 4.42 Å². The van der Waals surface area contributed by atoms with Gasteiger partial charge in [0.15, 0.2) is 11.6 Å². The van der Waals surface area contributed by atoms with E-state index in [1.54, 1.807) is 12.1 Å². The van der Waals surface area contributed by atoms with E-state index in [1.807, 2.05) is 0 Å². The molecular formula is C19H12F3N5O2. The second kappa shape index (κ2) is 7.23. The average Bonchev–Trinajstić information content (AvgIpc) is 3.40. The fourth-order valence-electron chi connectivity index (χ4n) is 2.58. The molecule has 1 aromatic carbocycles. The number of hydrogen-bond acceptors (Lipinski definition) is 5. The number of furan rings is 1. The summed E-state index contributed by atoms with van der Waals surface area (Å²) in [5, 5.41) is 6.56. The number of hydrogen-bond donors (Lipinski definition) is 1. The van der Waals surface area contributed by atoms with E-state index in [1.165, 1.54) is 47.8 Å². The lowest BCUT2D eigenvalue weighted by molar-refractivity contribution is -0.137. The molecule has 7 nitrogen and oxygen atoms in total. The Hall–Kier alpha value is -3.95. The van der Waals surface area contributed by atoms with Crippen molar-refractivity contribution in [3.63, 3.8) is 0 Å². The molecule has 0 saturated heterocycles. The number of nitrogens with one attached hydrogen (secondary N) is 1. The highest BCUT2D eigenvalue weighted by Crippen LogP contribution is 2.32. The molecule has 0 fully saturated rings. The first-order valence-corrected chi connectivity index (χ1v) is 8.30. The molecule has 10 heteroatoms. The molecule has 29 heavy (non-hydrogen) atoms. The molecule has 4 aromatic rings. The van der Waals surface area contributed by atoms with Crippen LogP contribution in [0.3, 0.4) is 0 Å². The van der Waals surface area contributed by atoms with Gasteiger partial charge in [0.1, 0.15) is 18.4 Å². The predicted octanol–water partition coefficient (Wildman–Crippen LogP) is 4.19. The van der Waals surface area contributed by atoms with Crippen LogP contribution in [0.2, 0.25) is 0 Å². The highest BCUT2D eigenvalue weighted by Gasteiger charge is 2.30. The van der Waals surface area contributed by atoms with Gasteiger partial charge in [0.25, 0.3) is 5.91 Å². The molecule has 0 radical (unpaired) electrons.